The highest BCUT2D eigenvalue weighted by Gasteiger charge is 2.21. The first-order chi connectivity index (χ1) is 10.6. The smallest absolute Gasteiger partial charge is 0.414 e. The number of hydrogen-bond donors (Lipinski definition) is 0. The Morgan fingerprint density at radius 2 is 1.86 bits per heavy atom. The first kappa shape index (κ1) is 16.4. The van der Waals surface area contributed by atoms with Gasteiger partial charge in [0.05, 0.1) is 6.54 Å². The topological polar surface area (TPSA) is 29.5 Å². The molecule has 0 bridgehead atoms. The number of hydrogen-bond acceptors (Lipinski definition) is 2. The molecule has 0 heterocycles. The van der Waals surface area contributed by atoms with Crippen LogP contribution in [0.1, 0.15) is 5.56 Å². The maximum absolute atomic E-state index is 12.7. The lowest BCUT2D eigenvalue weighted by Crippen LogP contribution is -2.35. The zero-order chi connectivity index (χ0) is 15.9. The fraction of sp³-hybridized carbons (Fsp3) is 0.188. The summed E-state index contributed by atoms with van der Waals surface area (Å²) in [6, 6.07) is 15.6. The Hall–Kier alpha value is -1.95. The Labute approximate surface area is 135 Å². The lowest BCUT2D eigenvalue weighted by atomic mass is 10.2. The molecule has 1 amide bonds. The predicted molar refractivity (Wildman–Crippen MR) is 84.1 cm³/mol. The molecule has 0 atom stereocenters. The lowest BCUT2D eigenvalue weighted by Gasteiger charge is -2.22. The van der Waals surface area contributed by atoms with Crippen molar-refractivity contribution < 1.29 is 18.3 Å². The summed E-state index contributed by atoms with van der Waals surface area (Å²) >= 11 is 3.26. The predicted octanol–water partition coefficient (Wildman–Crippen LogP) is 4.86. The fourth-order valence-corrected chi connectivity index (χ4v) is 2.25. The summed E-state index contributed by atoms with van der Waals surface area (Å²) in [6.07, 6.45) is -3.45. The van der Waals surface area contributed by atoms with Crippen molar-refractivity contribution in [2.75, 3.05) is 11.4 Å². The molecule has 2 aromatic rings. The van der Waals surface area contributed by atoms with Crippen LogP contribution in [-0.2, 0) is 11.3 Å². The van der Waals surface area contributed by atoms with Gasteiger partial charge in [0, 0.05) is 10.2 Å². The zero-order valence-electron chi connectivity index (χ0n) is 11.6. The van der Waals surface area contributed by atoms with Crippen LogP contribution in [0.3, 0.4) is 0 Å². The highest BCUT2D eigenvalue weighted by atomic mass is 79.9. The highest BCUT2D eigenvalue weighted by Crippen LogP contribution is 2.22. The van der Waals surface area contributed by atoms with E-state index in [1.54, 1.807) is 36.4 Å². The molecule has 0 aliphatic carbocycles. The highest BCUT2D eigenvalue weighted by molar-refractivity contribution is 9.10. The van der Waals surface area contributed by atoms with E-state index >= 15 is 0 Å². The van der Waals surface area contributed by atoms with E-state index in [2.05, 4.69) is 15.9 Å². The third-order valence-electron chi connectivity index (χ3n) is 2.87. The average molecular weight is 370 g/mol. The molecule has 0 aliphatic rings. The van der Waals surface area contributed by atoms with Gasteiger partial charge < -0.3 is 4.74 Å². The molecule has 3 nitrogen and oxygen atoms in total. The molecule has 0 N–H and O–H groups in total. The second kappa shape index (κ2) is 7.89. The molecule has 116 valence electrons. The normalized spacial score (nSPS) is 10.5. The monoisotopic (exact) mass is 369 g/mol. The van der Waals surface area contributed by atoms with Crippen LogP contribution in [-0.4, -0.2) is 19.1 Å². The van der Waals surface area contributed by atoms with Gasteiger partial charge in [-0.3, -0.25) is 4.90 Å². The molecule has 0 unspecified atom stereocenters. The van der Waals surface area contributed by atoms with Gasteiger partial charge in [-0.15, -0.1) is 0 Å². The quantitative estimate of drug-likeness (QED) is 0.753. The van der Waals surface area contributed by atoms with E-state index in [9.17, 15) is 13.6 Å². The van der Waals surface area contributed by atoms with Crippen LogP contribution in [0.5, 0.6) is 0 Å². The van der Waals surface area contributed by atoms with Crippen molar-refractivity contribution in [2.24, 2.45) is 0 Å². The Morgan fingerprint density at radius 3 is 2.50 bits per heavy atom. The molecule has 0 fully saturated rings. The molecule has 6 heteroatoms. The summed E-state index contributed by atoms with van der Waals surface area (Å²) in [7, 11) is 0. The minimum atomic E-state index is -2.65. The van der Waals surface area contributed by atoms with Crippen LogP contribution < -0.4 is 4.90 Å². The standard InChI is InChI=1S/C16H14BrF2NO2/c17-13-7-4-8-14(9-13)20(10-15(18)19)16(21)22-11-12-5-2-1-3-6-12/h1-9,15H,10-11H2. The van der Waals surface area contributed by atoms with Crippen LogP contribution in [0, 0.1) is 0 Å². The van der Waals surface area contributed by atoms with Gasteiger partial charge in [0.25, 0.3) is 6.43 Å². The van der Waals surface area contributed by atoms with Gasteiger partial charge in [-0.1, -0.05) is 52.3 Å². The van der Waals surface area contributed by atoms with Crippen molar-refractivity contribution in [1.29, 1.82) is 0 Å². The van der Waals surface area contributed by atoms with E-state index in [0.29, 0.717) is 10.2 Å². The number of halogens is 3. The van der Waals surface area contributed by atoms with Crippen LogP contribution in [0.15, 0.2) is 59.1 Å². The van der Waals surface area contributed by atoms with E-state index in [-0.39, 0.29) is 6.61 Å². The van der Waals surface area contributed by atoms with Gasteiger partial charge in [-0.2, -0.15) is 0 Å². The zero-order valence-corrected chi connectivity index (χ0v) is 13.2. The minimum absolute atomic E-state index is 0.0351. The summed E-state index contributed by atoms with van der Waals surface area (Å²) in [5.41, 5.74) is 1.15. The Balaban J connectivity index is 2.09. The maximum atomic E-state index is 12.7. The number of amides is 1. The maximum Gasteiger partial charge on any atom is 0.414 e. The molecule has 0 saturated carbocycles. The van der Waals surface area contributed by atoms with Crippen LogP contribution in [0.2, 0.25) is 0 Å². The van der Waals surface area contributed by atoms with Gasteiger partial charge in [-0.05, 0) is 23.8 Å². The van der Waals surface area contributed by atoms with Gasteiger partial charge in [0.2, 0.25) is 0 Å². The number of anilines is 1. The van der Waals surface area contributed by atoms with Crippen LogP contribution in [0.4, 0.5) is 19.3 Å². The van der Waals surface area contributed by atoms with Gasteiger partial charge >= 0.3 is 6.09 Å². The van der Waals surface area contributed by atoms with Crippen LogP contribution >= 0.6 is 15.9 Å². The number of nitrogens with zero attached hydrogens (tertiary/aromatic N) is 1. The summed E-state index contributed by atoms with van der Waals surface area (Å²) < 4.78 is 31.3. The molecule has 0 aromatic heterocycles. The number of benzene rings is 2. The number of carbonyl (C=O) groups is 1. The second-order valence-corrected chi connectivity index (χ2v) is 5.44. The molecular formula is C16H14BrF2NO2. The minimum Gasteiger partial charge on any atom is -0.444 e. The summed E-state index contributed by atoms with van der Waals surface area (Å²) in [5, 5.41) is 0. The summed E-state index contributed by atoms with van der Waals surface area (Å²) in [6.45, 7) is -0.683. The largest absolute Gasteiger partial charge is 0.444 e. The van der Waals surface area contributed by atoms with E-state index in [0.717, 1.165) is 10.5 Å². The molecule has 0 spiro atoms. The third-order valence-corrected chi connectivity index (χ3v) is 3.36. The van der Waals surface area contributed by atoms with Crippen LogP contribution in [0.25, 0.3) is 0 Å². The number of carbonyl (C=O) groups excluding carboxylic acids is 1. The van der Waals surface area contributed by atoms with Crippen molar-refractivity contribution in [2.45, 2.75) is 13.0 Å². The molecule has 0 saturated heterocycles. The van der Waals surface area contributed by atoms with Gasteiger partial charge in [-0.25, -0.2) is 13.6 Å². The lowest BCUT2D eigenvalue weighted by molar-refractivity contribution is 0.128. The fourth-order valence-electron chi connectivity index (χ4n) is 1.86. The number of ether oxygens (including phenoxy) is 1. The van der Waals surface area contributed by atoms with Crippen molar-refractivity contribution in [3.63, 3.8) is 0 Å². The molecule has 22 heavy (non-hydrogen) atoms. The first-order valence-corrected chi connectivity index (χ1v) is 7.37. The Morgan fingerprint density at radius 1 is 1.14 bits per heavy atom. The van der Waals surface area contributed by atoms with E-state index in [4.69, 9.17) is 4.74 Å². The summed E-state index contributed by atoms with van der Waals surface area (Å²) in [5.74, 6) is 0. The molecule has 2 rings (SSSR count). The van der Waals surface area contributed by atoms with Crippen molar-refractivity contribution >= 4 is 27.7 Å². The van der Waals surface area contributed by atoms with Gasteiger partial charge in [0.1, 0.15) is 6.61 Å². The average Bonchev–Trinajstić information content (AvgIpc) is 2.51. The number of alkyl halides is 2. The molecule has 0 radical (unpaired) electrons. The first-order valence-electron chi connectivity index (χ1n) is 6.58. The second-order valence-electron chi connectivity index (χ2n) is 4.52. The number of rotatable bonds is 5. The molecule has 0 aliphatic heterocycles. The van der Waals surface area contributed by atoms with E-state index in [1.165, 1.54) is 0 Å². The molecular weight excluding hydrogens is 356 g/mol. The summed E-state index contributed by atoms with van der Waals surface area (Å²) in [4.78, 5) is 13.0. The van der Waals surface area contributed by atoms with Gasteiger partial charge in [0.15, 0.2) is 0 Å². The SMILES string of the molecule is O=C(OCc1ccccc1)N(CC(F)F)c1cccc(Br)c1. The Bertz CT molecular complexity index is 623. The van der Waals surface area contributed by atoms with E-state index in [1.807, 2.05) is 18.2 Å². The van der Waals surface area contributed by atoms with E-state index < -0.39 is 19.1 Å². The third kappa shape index (κ3) is 4.80. The van der Waals surface area contributed by atoms with Crippen molar-refractivity contribution in [3.8, 4) is 0 Å². The molecule has 2 aromatic carbocycles. The van der Waals surface area contributed by atoms with Crippen molar-refractivity contribution in [1.82, 2.24) is 0 Å². The Kier molecular flexibility index (Phi) is 5.89. The van der Waals surface area contributed by atoms with Crippen molar-refractivity contribution in [3.05, 3.63) is 64.6 Å².